The highest BCUT2D eigenvalue weighted by atomic mass is 16.2. The van der Waals surface area contributed by atoms with Gasteiger partial charge in [-0.1, -0.05) is 30.3 Å². The SMILES string of the molecule is C[C@@H](NC(=O)c1cc(C2CC2)n(C(C)(C)C)n1)c1ccccc1. The van der Waals surface area contributed by atoms with Crippen molar-refractivity contribution >= 4 is 5.91 Å². The van der Waals surface area contributed by atoms with Crippen LogP contribution in [0.25, 0.3) is 0 Å². The van der Waals surface area contributed by atoms with E-state index in [1.165, 1.54) is 18.5 Å². The molecule has 1 saturated carbocycles. The summed E-state index contributed by atoms with van der Waals surface area (Å²) in [5, 5.41) is 7.64. The summed E-state index contributed by atoms with van der Waals surface area (Å²) >= 11 is 0. The Morgan fingerprint density at radius 3 is 2.48 bits per heavy atom. The van der Waals surface area contributed by atoms with Crippen molar-refractivity contribution in [1.29, 1.82) is 0 Å². The molecule has 122 valence electrons. The van der Waals surface area contributed by atoms with Gasteiger partial charge in [0.2, 0.25) is 0 Å². The van der Waals surface area contributed by atoms with Crippen molar-refractivity contribution in [3.8, 4) is 0 Å². The molecule has 1 aliphatic rings. The van der Waals surface area contributed by atoms with Gasteiger partial charge in [-0.2, -0.15) is 5.10 Å². The molecule has 0 bridgehead atoms. The number of aromatic nitrogens is 2. The first-order chi connectivity index (χ1) is 10.9. The molecule has 1 aromatic heterocycles. The molecule has 0 aliphatic heterocycles. The van der Waals surface area contributed by atoms with Crippen LogP contribution in [-0.2, 0) is 5.54 Å². The molecule has 23 heavy (non-hydrogen) atoms. The van der Waals surface area contributed by atoms with Crippen molar-refractivity contribution in [3.63, 3.8) is 0 Å². The zero-order valence-electron chi connectivity index (χ0n) is 14.3. The lowest BCUT2D eigenvalue weighted by molar-refractivity contribution is 0.0933. The lowest BCUT2D eigenvalue weighted by Crippen LogP contribution is -2.28. The van der Waals surface area contributed by atoms with Crippen molar-refractivity contribution in [2.75, 3.05) is 0 Å². The number of hydrogen-bond acceptors (Lipinski definition) is 2. The van der Waals surface area contributed by atoms with Gasteiger partial charge in [0.1, 0.15) is 5.69 Å². The van der Waals surface area contributed by atoms with Gasteiger partial charge in [-0.25, -0.2) is 0 Å². The summed E-state index contributed by atoms with van der Waals surface area (Å²) in [4.78, 5) is 12.6. The molecular formula is C19H25N3O. The van der Waals surface area contributed by atoms with Crippen LogP contribution in [0.4, 0.5) is 0 Å². The van der Waals surface area contributed by atoms with Gasteiger partial charge in [-0.15, -0.1) is 0 Å². The van der Waals surface area contributed by atoms with E-state index in [4.69, 9.17) is 0 Å². The van der Waals surface area contributed by atoms with Gasteiger partial charge < -0.3 is 5.32 Å². The predicted octanol–water partition coefficient (Wildman–Crippen LogP) is 4.01. The maximum Gasteiger partial charge on any atom is 0.272 e. The van der Waals surface area contributed by atoms with Crippen LogP contribution in [0.2, 0.25) is 0 Å². The number of amides is 1. The molecule has 0 unspecified atom stereocenters. The molecule has 1 amide bonds. The highest BCUT2D eigenvalue weighted by Crippen LogP contribution is 2.41. The van der Waals surface area contributed by atoms with Crippen LogP contribution in [0, 0.1) is 0 Å². The van der Waals surface area contributed by atoms with Crippen LogP contribution in [0.15, 0.2) is 36.4 Å². The van der Waals surface area contributed by atoms with Gasteiger partial charge in [0, 0.05) is 11.6 Å². The molecule has 1 aliphatic carbocycles. The third kappa shape index (κ3) is 3.46. The summed E-state index contributed by atoms with van der Waals surface area (Å²) in [6.45, 7) is 8.37. The van der Waals surface area contributed by atoms with Crippen molar-refractivity contribution in [1.82, 2.24) is 15.1 Å². The van der Waals surface area contributed by atoms with Crippen LogP contribution in [0.1, 0.15) is 74.2 Å². The number of carbonyl (C=O) groups is 1. The van der Waals surface area contributed by atoms with E-state index >= 15 is 0 Å². The van der Waals surface area contributed by atoms with E-state index in [1.807, 2.05) is 48.0 Å². The van der Waals surface area contributed by atoms with Gasteiger partial charge in [0.25, 0.3) is 5.91 Å². The van der Waals surface area contributed by atoms with E-state index in [-0.39, 0.29) is 17.5 Å². The van der Waals surface area contributed by atoms with Crippen LogP contribution in [0.3, 0.4) is 0 Å². The van der Waals surface area contributed by atoms with E-state index in [2.05, 4.69) is 31.2 Å². The van der Waals surface area contributed by atoms with E-state index in [0.29, 0.717) is 11.6 Å². The number of benzene rings is 1. The molecule has 2 aromatic rings. The largest absolute Gasteiger partial charge is 0.344 e. The summed E-state index contributed by atoms with van der Waals surface area (Å²) in [5.74, 6) is 0.459. The second-order valence-corrected chi connectivity index (χ2v) is 7.42. The van der Waals surface area contributed by atoms with Crippen LogP contribution in [0.5, 0.6) is 0 Å². The maximum atomic E-state index is 12.6. The van der Waals surface area contributed by atoms with Crippen LogP contribution < -0.4 is 5.32 Å². The Bertz CT molecular complexity index is 693. The van der Waals surface area contributed by atoms with Crippen molar-refractivity contribution in [2.45, 2.75) is 58.0 Å². The van der Waals surface area contributed by atoms with E-state index < -0.39 is 0 Å². The monoisotopic (exact) mass is 311 g/mol. The van der Waals surface area contributed by atoms with Crippen molar-refractivity contribution in [2.24, 2.45) is 0 Å². The summed E-state index contributed by atoms with van der Waals surface area (Å²) in [6.07, 6.45) is 2.40. The number of carbonyl (C=O) groups excluding carboxylic acids is 1. The third-order valence-electron chi connectivity index (χ3n) is 4.25. The number of rotatable bonds is 4. The number of nitrogens with one attached hydrogen (secondary N) is 1. The average molecular weight is 311 g/mol. The van der Waals surface area contributed by atoms with E-state index in [9.17, 15) is 4.79 Å². The topological polar surface area (TPSA) is 46.9 Å². The molecule has 1 atom stereocenters. The lowest BCUT2D eigenvalue weighted by Gasteiger charge is -2.22. The van der Waals surface area contributed by atoms with Crippen LogP contribution in [-0.4, -0.2) is 15.7 Å². The highest BCUT2D eigenvalue weighted by molar-refractivity contribution is 5.92. The van der Waals surface area contributed by atoms with Crippen molar-refractivity contribution < 1.29 is 4.79 Å². The Kier molecular flexibility index (Phi) is 4.00. The third-order valence-corrected chi connectivity index (χ3v) is 4.25. The molecule has 0 saturated heterocycles. The molecule has 0 radical (unpaired) electrons. The van der Waals surface area contributed by atoms with Gasteiger partial charge in [0.15, 0.2) is 0 Å². The first kappa shape index (κ1) is 15.8. The minimum Gasteiger partial charge on any atom is -0.344 e. The molecule has 1 heterocycles. The average Bonchev–Trinajstić information content (AvgIpc) is 3.24. The van der Waals surface area contributed by atoms with Gasteiger partial charge >= 0.3 is 0 Å². The quantitative estimate of drug-likeness (QED) is 0.927. The highest BCUT2D eigenvalue weighted by Gasteiger charge is 2.32. The molecule has 4 heteroatoms. The summed E-state index contributed by atoms with van der Waals surface area (Å²) in [7, 11) is 0. The summed E-state index contributed by atoms with van der Waals surface area (Å²) < 4.78 is 2.02. The first-order valence-corrected chi connectivity index (χ1v) is 8.32. The standard InChI is InChI=1S/C19H25N3O/c1-13(14-8-6-5-7-9-14)20-18(23)16-12-17(15-10-11-15)22(21-16)19(2,3)4/h5-9,12-13,15H,10-11H2,1-4H3,(H,20,23)/t13-/m1/s1. The smallest absolute Gasteiger partial charge is 0.272 e. The molecule has 4 nitrogen and oxygen atoms in total. The van der Waals surface area contributed by atoms with Gasteiger partial charge in [0.05, 0.1) is 11.6 Å². The first-order valence-electron chi connectivity index (χ1n) is 8.32. The fourth-order valence-electron chi connectivity index (χ4n) is 2.81. The summed E-state index contributed by atoms with van der Waals surface area (Å²) in [5.41, 5.74) is 2.69. The minimum atomic E-state index is -0.110. The Labute approximate surface area is 137 Å². The second-order valence-electron chi connectivity index (χ2n) is 7.42. The van der Waals surface area contributed by atoms with Gasteiger partial charge in [-0.05, 0) is 52.2 Å². The van der Waals surface area contributed by atoms with Crippen LogP contribution >= 0.6 is 0 Å². The zero-order chi connectivity index (χ0) is 16.6. The fourth-order valence-corrected chi connectivity index (χ4v) is 2.81. The zero-order valence-corrected chi connectivity index (χ0v) is 14.3. The number of hydrogen-bond donors (Lipinski definition) is 1. The number of nitrogens with zero attached hydrogens (tertiary/aromatic N) is 2. The Morgan fingerprint density at radius 2 is 1.91 bits per heavy atom. The normalized spacial score (nSPS) is 16.2. The minimum absolute atomic E-state index is 0.0344. The predicted molar refractivity (Wildman–Crippen MR) is 91.5 cm³/mol. The molecule has 1 aromatic carbocycles. The van der Waals surface area contributed by atoms with Gasteiger partial charge in [-0.3, -0.25) is 9.48 Å². The Morgan fingerprint density at radius 1 is 1.26 bits per heavy atom. The Hall–Kier alpha value is -2.10. The van der Waals surface area contributed by atoms with E-state index in [1.54, 1.807) is 0 Å². The molecule has 0 spiro atoms. The maximum absolute atomic E-state index is 12.6. The summed E-state index contributed by atoms with van der Waals surface area (Å²) in [6, 6.07) is 11.9. The van der Waals surface area contributed by atoms with Crippen molar-refractivity contribution in [3.05, 3.63) is 53.3 Å². The lowest BCUT2D eigenvalue weighted by atomic mass is 10.1. The molecule has 1 fully saturated rings. The van der Waals surface area contributed by atoms with E-state index in [0.717, 1.165) is 5.56 Å². The molecule has 3 rings (SSSR count). The fraction of sp³-hybridized carbons (Fsp3) is 0.474. The second kappa shape index (κ2) is 5.84. The molecular weight excluding hydrogens is 286 g/mol. The molecule has 1 N–H and O–H groups in total. The Balaban J connectivity index is 1.80.